The predicted octanol–water partition coefficient (Wildman–Crippen LogP) is 4.10. The fourth-order valence-electron chi connectivity index (χ4n) is 4.63. The average molecular weight is 544 g/mol. The molecule has 2 aromatic heterocycles. The molecule has 2 N–H and O–H groups in total. The third-order valence-electron chi connectivity index (χ3n) is 6.24. The van der Waals surface area contributed by atoms with E-state index in [4.69, 9.17) is 10.5 Å². The molecule has 0 bridgehead atoms. The minimum atomic E-state index is -4.70. The van der Waals surface area contributed by atoms with Crippen LogP contribution in [0.4, 0.5) is 13.2 Å². The van der Waals surface area contributed by atoms with Crippen molar-refractivity contribution in [2.24, 2.45) is 12.8 Å². The maximum atomic E-state index is 13.8. The first-order chi connectivity index (χ1) is 18.2. The first kappa shape index (κ1) is 27.8. The number of primary amides is 1. The number of rotatable bonds is 7. The number of esters is 1. The van der Waals surface area contributed by atoms with Gasteiger partial charge >= 0.3 is 12.1 Å². The molecule has 1 atom stereocenters. The van der Waals surface area contributed by atoms with Gasteiger partial charge in [-0.15, -0.1) is 0 Å². The monoisotopic (exact) mass is 543 g/mol. The van der Waals surface area contributed by atoms with E-state index < -0.39 is 41.4 Å². The van der Waals surface area contributed by atoms with E-state index in [1.165, 1.54) is 36.5 Å². The molecule has 39 heavy (non-hydrogen) atoms. The second-order valence-corrected chi connectivity index (χ2v) is 10.3. The number of hydrogen-bond donors (Lipinski definition) is 1. The summed E-state index contributed by atoms with van der Waals surface area (Å²) in [5.41, 5.74) is 6.74. The number of nitrogens with zero attached hydrogens (tertiary/aromatic N) is 4. The first-order valence-electron chi connectivity index (χ1n) is 12.2. The van der Waals surface area contributed by atoms with Gasteiger partial charge in [-0.25, -0.2) is 4.98 Å². The van der Waals surface area contributed by atoms with Gasteiger partial charge < -0.3 is 19.9 Å². The van der Waals surface area contributed by atoms with Crippen LogP contribution in [0, 0.1) is 0 Å². The summed E-state index contributed by atoms with van der Waals surface area (Å²) >= 11 is 0. The second-order valence-electron chi connectivity index (χ2n) is 10.3. The van der Waals surface area contributed by atoms with Crippen LogP contribution in [0.5, 0.6) is 0 Å². The Kier molecular flexibility index (Phi) is 7.24. The van der Waals surface area contributed by atoms with Crippen molar-refractivity contribution in [3.05, 3.63) is 59.7 Å². The maximum absolute atomic E-state index is 13.8. The summed E-state index contributed by atoms with van der Waals surface area (Å²) in [5, 5.41) is 0. The molecule has 0 radical (unpaired) electrons. The summed E-state index contributed by atoms with van der Waals surface area (Å²) in [6, 6.07) is 6.77. The topological polar surface area (TPSA) is 120 Å². The number of aromatic nitrogens is 3. The van der Waals surface area contributed by atoms with Crippen molar-refractivity contribution in [1.29, 1.82) is 0 Å². The smallest absolute Gasteiger partial charge is 0.449 e. The molecule has 1 aliphatic heterocycles. The molecule has 12 heteroatoms. The average Bonchev–Trinajstić information content (AvgIpc) is 3.35. The highest BCUT2D eigenvalue weighted by Crippen LogP contribution is 2.39. The summed E-state index contributed by atoms with van der Waals surface area (Å²) in [6.45, 7) is 5.14. The Morgan fingerprint density at radius 2 is 1.87 bits per heavy atom. The second kappa shape index (κ2) is 10.2. The van der Waals surface area contributed by atoms with Gasteiger partial charge in [-0.1, -0.05) is 6.07 Å². The number of fused-ring (bicyclic) bond motifs is 1. The minimum absolute atomic E-state index is 0.00881. The molecule has 1 aromatic carbocycles. The Hall–Kier alpha value is -4.22. The molecule has 2 amide bonds. The van der Waals surface area contributed by atoms with Crippen LogP contribution in [-0.4, -0.2) is 48.9 Å². The van der Waals surface area contributed by atoms with Crippen LogP contribution in [0.25, 0.3) is 22.5 Å². The zero-order valence-corrected chi connectivity index (χ0v) is 21.9. The number of alkyl halides is 3. The van der Waals surface area contributed by atoms with Gasteiger partial charge in [0.25, 0.3) is 5.91 Å². The van der Waals surface area contributed by atoms with Crippen molar-refractivity contribution < 1.29 is 32.3 Å². The van der Waals surface area contributed by atoms with Crippen molar-refractivity contribution in [3.8, 4) is 22.5 Å². The van der Waals surface area contributed by atoms with Gasteiger partial charge in [-0.2, -0.15) is 13.2 Å². The van der Waals surface area contributed by atoms with Crippen molar-refractivity contribution in [2.45, 2.75) is 58.0 Å². The van der Waals surface area contributed by atoms with Crippen molar-refractivity contribution in [3.63, 3.8) is 0 Å². The number of amides is 2. The van der Waals surface area contributed by atoms with E-state index >= 15 is 0 Å². The van der Waals surface area contributed by atoms with Crippen molar-refractivity contribution in [1.82, 2.24) is 19.4 Å². The molecule has 4 rings (SSSR count). The van der Waals surface area contributed by atoms with Crippen LogP contribution in [0.2, 0.25) is 0 Å². The van der Waals surface area contributed by atoms with Crippen LogP contribution < -0.4 is 5.73 Å². The fraction of sp³-hybridized carbons (Fsp3) is 0.370. The van der Waals surface area contributed by atoms with E-state index in [-0.39, 0.29) is 36.3 Å². The lowest BCUT2D eigenvalue weighted by Crippen LogP contribution is -2.45. The third kappa shape index (κ3) is 5.79. The number of carbonyl (C=O) groups is 3. The Bertz CT molecular complexity index is 1430. The number of imidazole rings is 1. The summed E-state index contributed by atoms with van der Waals surface area (Å²) in [6.07, 6.45) is -1.90. The standard InChI is InChI=1S/C27H28F3N5O4/c1-26(2,3)39-20(36)10-9-19(23(31)37)35-14-17-12-15(7-8-18(17)24(35)38)21-22(16-6-5-11-32-13-16)34(4)25(33-21)27(28,29)30/h5-8,11-13,19H,9-10,14H2,1-4H3,(H2,31,37). The maximum Gasteiger partial charge on any atom is 0.449 e. The number of nitrogens with two attached hydrogens (primary N) is 1. The van der Waals surface area contributed by atoms with Gasteiger partial charge in [0.05, 0.1) is 11.4 Å². The van der Waals surface area contributed by atoms with Crippen LogP contribution in [0.15, 0.2) is 42.7 Å². The number of benzene rings is 1. The molecule has 0 saturated carbocycles. The molecule has 9 nitrogen and oxygen atoms in total. The van der Waals surface area contributed by atoms with Crippen LogP contribution >= 0.6 is 0 Å². The summed E-state index contributed by atoms with van der Waals surface area (Å²) in [5.74, 6) is -2.85. The first-order valence-corrected chi connectivity index (χ1v) is 12.2. The van der Waals surface area contributed by atoms with E-state index in [1.54, 1.807) is 39.0 Å². The quantitative estimate of drug-likeness (QED) is 0.448. The molecular weight excluding hydrogens is 515 g/mol. The Morgan fingerprint density at radius 1 is 1.15 bits per heavy atom. The Morgan fingerprint density at radius 3 is 2.46 bits per heavy atom. The third-order valence-corrected chi connectivity index (χ3v) is 6.24. The number of pyridine rings is 1. The summed E-state index contributed by atoms with van der Waals surface area (Å²) in [4.78, 5) is 46.8. The van der Waals surface area contributed by atoms with Gasteiger partial charge in [-0.3, -0.25) is 19.4 Å². The lowest BCUT2D eigenvalue weighted by atomic mass is 10.0. The van der Waals surface area contributed by atoms with Crippen molar-refractivity contribution in [2.75, 3.05) is 0 Å². The summed E-state index contributed by atoms with van der Waals surface area (Å²) < 4.78 is 47.5. The zero-order valence-electron chi connectivity index (χ0n) is 21.9. The molecule has 206 valence electrons. The number of ether oxygens (including phenoxy) is 1. The highest BCUT2D eigenvalue weighted by molar-refractivity contribution is 6.01. The van der Waals surface area contributed by atoms with E-state index in [1.807, 2.05) is 0 Å². The number of halogens is 3. The molecule has 3 heterocycles. The van der Waals surface area contributed by atoms with Gasteiger partial charge in [0.15, 0.2) is 0 Å². The lowest BCUT2D eigenvalue weighted by Gasteiger charge is -2.25. The zero-order chi connectivity index (χ0) is 28.7. The normalized spacial score (nSPS) is 14.3. The lowest BCUT2D eigenvalue weighted by molar-refractivity contribution is -0.155. The predicted molar refractivity (Wildman–Crippen MR) is 135 cm³/mol. The summed E-state index contributed by atoms with van der Waals surface area (Å²) in [7, 11) is 1.28. The molecule has 0 fully saturated rings. The van der Waals surface area contributed by atoms with Crippen molar-refractivity contribution >= 4 is 17.8 Å². The Labute approximate surface area is 222 Å². The number of hydrogen-bond acceptors (Lipinski definition) is 6. The van der Waals surface area contributed by atoms with E-state index in [0.717, 1.165) is 4.57 Å². The van der Waals surface area contributed by atoms with Crippen LogP contribution in [0.3, 0.4) is 0 Å². The van der Waals surface area contributed by atoms with E-state index in [9.17, 15) is 27.6 Å². The molecule has 0 spiro atoms. The van der Waals surface area contributed by atoms with E-state index in [0.29, 0.717) is 16.7 Å². The molecular formula is C27H28F3N5O4. The fourth-order valence-corrected chi connectivity index (χ4v) is 4.63. The SMILES string of the molecule is Cn1c(C(F)(F)F)nc(-c2ccc3c(c2)CN(C(CCC(=O)OC(C)(C)C)C(N)=O)C3=O)c1-c1cccnc1. The molecule has 1 aliphatic rings. The van der Waals surface area contributed by atoms with Gasteiger partial charge in [0, 0.05) is 49.1 Å². The molecule has 3 aromatic rings. The van der Waals surface area contributed by atoms with Gasteiger partial charge in [0.1, 0.15) is 11.6 Å². The molecule has 1 unspecified atom stereocenters. The highest BCUT2D eigenvalue weighted by atomic mass is 19.4. The molecule has 0 aliphatic carbocycles. The van der Waals surface area contributed by atoms with Crippen LogP contribution in [0.1, 0.15) is 55.4 Å². The van der Waals surface area contributed by atoms with Gasteiger partial charge in [-0.05, 0) is 57.0 Å². The van der Waals surface area contributed by atoms with Crippen LogP contribution in [-0.2, 0) is 34.1 Å². The highest BCUT2D eigenvalue weighted by Gasteiger charge is 2.39. The largest absolute Gasteiger partial charge is 0.460 e. The number of carbonyl (C=O) groups excluding carboxylic acids is 3. The minimum Gasteiger partial charge on any atom is -0.460 e. The van der Waals surface area contributed by atoms with Gasteiger partial charge in [0.2, 0.25) is 11.7 Å². The molecule has 0 saturated heterocycles. The van der Waals surface area contributed by atoms with E-state index in [2.05, 4.69) is 9.97 Å². The Balaban J connectivity index is 1.67.